The van der Waals surface area contributed by atoms with Crippen LogP contribution < -0.4 is 10.6 Å². The molecule has 0 bridgehead atoms. The Kier molecular flexibility index (Phi) is 6.61. The number of rotatable bonds is 3. The van der Waals surface area contributed by atoms with Gasteiger partial charge in [-0.15, -0.1) is 0 Å². The Bertz CT molecular complexity index is 378. The standard InChI is InChI=1S/C12H20I2N2O4/c1-11(2)4-8(16-10(18)20-14)5-12(3,6-11)7-15-9(17)19-13/h8H,4-7H2,1-3H3,(H,15,17)(H,16,18). The normalized spacial score (nSPS) is 28.4. The Hall–Kier alpha value is 0. The fourth-order valence-electron chi connectivity index (χ4n) is 3.37. The highest BCUT2D eigenvalue weighted by molar-refractivity contribution is 14.1. The molecule has 1 rings (SSSR count). The Balaban J connectivity index is 2.70. The summed E-state index contributed by atoms with van der Waals surface area (Å²) in [4.78, 5) is 22.6. The monoisotopic (exact) mass is 510 g/mol. The summed E-state index contributed by atoms with van der Waals surface area (Å²) in [5, 5.41) is 5.62. The van der Waals surface area contributed by atoms with Crippen LogP contribution in [0.4, 0.5) is 9.59 Å². The van der Waals surface area contributed by atoms with Gasteiger partial charge >= 0.3 is 12.2 Å². The molecule has 0 heterocycles. The van der Waals surface area contributed by atoms with Gasteiger partial charge < -0.3 is 16.8 Å². The van der Waals surface area contributed by atoms with Crippen molar-refractivity contribution >= 4 is 58.2 Å². The van der Waals surface area contributed by atoms with Crippen LogP contribution in [0.1, 0.15) is 40.0 Å². The molecule has 1 aliphatic carbocycles. The minimum atomic E-state index is -0.439. The first-order valence-electron chi connectivity index (χ1n) is 6.35. The topological polar surface area (TPSA) is 76.7 Å². The van der Waals surface area contributed by atoms with Crippen molar-refractivity contribution < 1.29 is 15.7 Å². The van der Waals surface area contributed by atoms with Crippen LogP contribution in [0.2, 0.25) is 0 Å². The number of carbonyl (C=O) groups excluding carboxylic acids is 2. The van der Waals surface area contributed by atoms with Crippen LogP contribution in [-0.4, -0.2) is 24.8 Å². The highest BCUT2D eigenvalue weighted by Gasteiger charge is 2.42. The SMILES string of the molecule is CC1(C)CC(NC(=O)OI)CC(C)(CNC(=O)OI)C1. The minimum absolute atomic E-state index is 0.0448. The van der Waals surface area contributed by atoms with Crippen LogP contribution in [0.25, 0.3) is 0 Å². The molecule has 1 aliphatic rings. The van der Waals surface area contributed by atoms with Crippen molar-refractivity contribution in [3.63, 3.8) is 0 Å². The van der Waals surface area contributed by atoms with Crippen LogP contribution in [0.5, 0.6) is 0 Å². The maximum Gasteiger partial charge on any atom is 0.416 e. The molecule has 2 N–H and O–H groups in total. The molecule has 8 heteroatoms. The predicted molar refractivity (Wildman–Crippen MR) is 91.7 cm³/mol. The third kappa shape index (κ3) is 5.78. The van der Waals surface area contributed by atoms with E-state index in [0.29, 0.717) is 6.54 Å². The fraction of sp³-hybridized carbons (Fsp3) is 0.833. The average Bonchev–Trinajstić information content (AvgIpc) is 2.33. The van der Waals surface area contributed by atoms with Gasteiger partial charge in [0.1, 0.15) is 0 Å². The Morgan fingerprint density at radius 2 is 1.75 bits per heavy atom. The zero-order valence-corrected chi connectivity index (χ0v) is 16.1. The van der Waals surface area contributed by atoms with Crippen molar-refractivity contribution in [1.82, 2.24) is 10.6 Å². The van der Waals surface area contributed by atoms with E-state index in [-0.39, 0.29) is 16.9 Å². The van der Waals surface area contributed by atoms with Crippen LogP contribution >= 0.6 is 46.0 Å². The van der Waals surface area contributed by atoms with E-state index in [4.69, 9.17) is 0 Å². The highest BCUT2D eigenvalue weighted by Crippen LogP contribution is 2.45. The molecule has 0 saturated heterocycles. The second kappa shape index (κ2) is 7.32. The summed E-state index contributed by atoms with van der Waals surface area (Å²) >= 11 is 3.13. The molecule has 1 saturated carbocycles. The van der Waals surface area contributed by atoms with Crippen molar-refractivity contribution in [3.05, 3.63) is 0 Å². The van der Waals surface area contributed by atoms with Gasteiger partial charge in [0.2, 0.25) is 0 Å². The van der Waals surface area contributed by atoms with Crippen molar-refractivity contribution in [2.24, 2.45) is 10.8 Å². The van der Waals surface area contributed by atoms with Crippen molar-refractivity contribution in [2.45, 2.75) is 46.1 Å². The molecular weight excluding hydrogens is 490 g/mol. The summed E-state index contributed by atoms with van der Waals surface area (Å²) in [5.74, 6) is 0. The molecule has 0 radical (unpaired) electrons. The van der Waals surface area contributed by atoms with Gasteiger partial charge in [-0.05, 0) is 30.1 Å². The molecule has 20 heavy (non-hydrogen) atoms. The number of nitrogens with one attached hydrogen (secondary N) is 2. The Morgan fingerprint density at radius 1 is 1.15 bits per heavy atom. The highest BCUT2D eigenvalue weighted by atomic mass is 127. The molecular formula is C12H20I2N2O4. The fourth-order valence-corrected chi connectivity index (χ4v) is 3.66. The maximum atomic E-state index is 11.4. The molecule has 2 unspecified atom stereocenters. The van der Waals surface area contributed by atoms with Gasteiger partial charge in [0.25, 0.3) is 0 Å². The molecule has 6 nitrogen and oxygen atoms in total. The lowest BCUT2D eigenvalue weighted by atomic mass is 9.62. The van der Waals surface area contributed by atoms with Gasteiger partial charge in [0, 0.05) is 12.6 Å². The molecule has 116 valence electrons. The summed E-state index contributed by atoms with van der Waals surface area (Å²) in [6.07, 6.45) is 1.80. The van der Waals surface area contributed by atoms with E-state index >= 15 is 0 Å². The Labute approximate surface area is 147 Å². The lowest BCUT2D eigenvalue weighted by molar-refractivity contribution is 0.0717. The lowest BCUT2D eigenvalue weighted by Gasteiger charge is -2.46. The van der Waals surface area contributed by atoms with E-state index in [0.717, 1.165) is 19.3 Å². The lowest BCUT2D eigenvalue weighted by Crippen LogP contribution is -2.50. The van der Waals surface area contributed by atoms with Gasteiger partial charge in [-0.3, -0.25) is 0 Å². The zero-order valence-electron chi connectivity index (χ0n) is 11.8. The molecule has 0 aromatic rings. The zero-order chi connectivity index (χ0) is 15.4. The number of carbonyl (C=O) groups is 2. The van der Waals surface area contributed by atoms with Gasteiger partial charge in [0.15, 0.2) is 46.0 Å². The quantitative estimate of drug-likeness (QED) is 0.568. The molecule has 0 aliphatic heterocycles. The van der Waals surface area contributed by atoms with E-state index in [9.17, 15) is 9.59 Å². The maximum absolute atomic E-state index is 11.4. The van der Waals surface area contributed by atoms with Gasteiger partial charge in [-0.25, -0.2) is 9.59 Å². The van der Waals surface area contributed by atoms with E-state index in [1.807, 2.05) is 0 Å². The number of amides is 2. The molecule has 1 fully saturated rings. The van der Waals surface area contributed by atoms with Crippen molar-refractivity contribution in [2.75, 3.05) is 6.54 Å². The van der Waals surface area contributed by atoms with Gasteiger partial charge in [0.05, 0.1) is 0 Å². The van der Waals surface area contributed by atoms with Gasteiger partial charge in [-0.1, -0.05) is 20.8 Å². The van der Waals surface area contributed by atoms with Gasteiger partial charge in [-0.2, -0.15) is 0 Å². The molecule has 2 amide bonds. The first kappa shape index (κ1) is 18.1. The molecule has 0 aromatic heterocycles. The molecule has 0 aromatic carbocycles. The minimum Gasteiger partial charge on any atom is -0.378 e. The predicted octanol–water partition coefficient (Wildman–Crippen LogP) is 3.72. The summed E-state index contributed by atoms with van der Waals surface area (Å²) in [5.41, 5.74) is 0.00191. The summed E-state index contributed by atoms with van der Waals surface area (Å²) in [6, 6.07) is 0.0448. The number of hydrogen-bond donors (Lipinski definition) is 2. The largest absolute Gasteiger partial charge is 0.416 e. The van der Waals surface area contributed by atoms with Crippen LogP contribution in [0, 0.1) is 10.8 Å². The summed E-state index contributed by atoms with van der Waals surface area (Å²) in [6.45, 7) is 6.98. The summed E-state index contributed by atoms with van der Waals surface area (Å²) < 4.78 is 9.21. The molecule has 2 atom stereocenters. The third-order valence-corrected chi connectivity index (χ3v) is 4.37. The number of hydrogen-bond acceptors (Lipinski definition) is 4. The van der Waals surface area contributed by atoms with E-state index < -0.39 is 12.2 Å². The summed E-state index contributed by atoms with van der Waals surface area (Å²) in [7, 11) is 0. The second-order valence-corrected chi connectivity index (χ2v) is 7.36. The number of halogens is 2. The van der Waals surface area contributed by atoms with Crippen LogP contribution in [-0.2, 0) is 6.13 Å². The van der Waals surface area contributed by atoms with Crippen molar-refractivity contribution in [3.8, 4) is 0 Å². The van der Waals surface area contributed by atoms with Crippen LogP contribution in [0.3, 0.4) is 0 Å². The Morgan fingerprint density at radius 3 is 2.30 bits per heavy atom. The smallest absolute Gasteiger partial charge is 0.378 e. The average molecular weight is 510 g/mol. The first-order chi connectivity index (χ1) is 9.19. The van der Waals surface area contributed by atoms with Crippen LogP contribution in [0.15, 0.2) is 0 Å². The molecule has 0 spiro atoms. The van der Waals surface area contributed by atoms with E-state index in [2.05, 4.69) is 37.5 Å². The third-order valence-electron chi connectivity index (χ3n) is 3.57. The van der Waals surface area contributed by atoms with E-state index in [1.165, 1.54) is 0 Å². The van der Waals surface area contributed by atoms with Crippen molar-refractivity contribution in [1.29, 1.82) is 0 Å². The first-order valence-corrected chi connectivity index (χ1v) is 8.11. The van der Waals surface area contributed by atoms with E-state index in [1.54, 1.807) is 46.0 Å². The second-order valence-electron chi connectivity index (χ2n) is 6.48.